The largest absolute Gasteiger partial charge is 0.465 e. The summed E-state index contributed by atoms with van der Waals surface area (Å²) in [5.41, 5.74) is 0.663. The minimum absolute atomic E-state index is 0.248. The van der Waals surface area contributed by atoms with Gasteiger partial charge in [-0.15, -0.1) is 6.58 Å². The summed E-state index contributed by atoms with van der Waals surface area (Å²) in [5.74, 6) is -0.248. The first-order valence-electron chi connectivity index (χ1n) is 7.28. The second kappa shape index (κ2) is 13.1. The van der Waals surface area contributed by atoms with Crippen LogP contribution in [0.1, 0.15) is 58.3 Å². The number of ether oxygens (including phenoxy) is 1. The number of carbonyl (C=O) groups excluding carboxylic acids is 1. The molecule has 0 rings (SSSR count). The average Bonchev–Trinajstić information content (AvgIpc) is 2.43. The molecular weight excluding hydrogens is 236 g/mol. The van der Waals surface area contributed by atoms with Crippen molar-refractivity contribution in [3.8, 4) is 0 Å². The third-order valence-corrected chi connectivity index (χ3v) is 2.99. The van der Waals surface area contributed by atoms with Gasteiger partial charge in [0.05, 0.1) is 12.7 Å². The van der Waals surface area contributed by atoms with Crippen LogP contribution in [0.15, 0.2) is 36.5 Å². The molecule has 0 unspecified atom stereocenters. The van der Waals surface area contributed by atoms with Gasteiger partial charge in [-0.3, -0.25) is 0 Å². The monoisotopic (exact) mass is 264 g/mol. The summed E-state index contributed by atoms with van der Waals surface area (Å²) in [6, 6.07) is 0. The zero-order valence-electron chi connectivity index (χ0n) is 12.5. The summed E-state index contributed by atoms with van der Waals surface area (Å²) in [6.07, 6.45) is 17.2. The van der Waals surface area contributed by atoms with E-state index in [1.165, 1.54) is 39.2 Å². The first-order valence-corrected chi connectivity index (χ1v) is 7.28. The van der Waals surface area contributed by atoms with E-state index in [1.807, 2.05) is 25.2 Å². The molecule has 0 saturated heterocycles. The lowest BCUT2D eigenvalue weighted by Crippen LogP contribution is -2.02. The molecule has 0 aromatic heterocycles. The Morgan fingerprint density at radius 3 is 2.16 bits per heavy atom. The lowest BCUT2D eigenvalue weighted by atomic mass is 10.1. The van der Waals surface area contributed by atoms with Crippen molar-refractivity contribution in [2.45, 2.75) is 58.3 Å². The Labute approximate surface area is 118 Å². The minimum Gasteiger partial charge on any atom is -0.465 e. The predicted molar refractivity (Wildman–Crippen MR) is 82.0 cm³/mol. The van der Waals surface area contributed by atoms with Crippen molar-refractivity contribution in [3.05, 3.63) is 36.5 Å². The normalized spacial score (nSPS) is 11.8. The third-order valence-electron chi connectivity index (χ3n) is 2.99. The van der Waals surface area contributed by atoms with Gasteiger partial charge in [0, 0.05) is 0 Å². The molecule has 0 radical (unpaired) electrons. The van der Waals surface area contributed by atoms with E-state index in [0.717, 1.165) is 19.3 Å². The minimum atomic E-state index is -0.248. The first-order chi connectivity index (χ1) is 9.26. The zero-order valence-corrected chi connectivity index (χ0v) is 12.5. The van der Waals surface area contributed by atoms with Crippen LogP contribution in [0, 0.1) is 0 Å². The number of carbonyl (C=O) groups is 1. The van der Waals surface area contributed by atoms with Crippen molar-refractivity contribution in [1.82, 2.24) is 0 Å². The van der Waals surface area contributed by atoms with E-state index < -0.39 is 0 Å². The number of esters is 1. The quantitative estimate of drug-likeness (QED) is 0.173. The van der Waals surface area contributed by atoms with Crippen molar-refractivity contribution in [2.75, 3.05) is 7.11 Å². The van der Waals surface area contributed by atoms with Crippen molar-refractivity contribution in [1.29, 1.82) is 0 Å². The molecule has 0 aliphatic heterocycles. The van der Waals surface area contributed by atoms with Gasteiger partial charge in [0.15, 0.2) is 0 Å². The van der Waals surface area contributed by atoms with Gasteiger partial charge in [0.25, 0.3) is 0 Å². The van der Waals surface area contributed by atoms with Gasteiger partial charge < -0.3 is 4.74 Å². The second-order valence-electron chi connectivity index (χ2n) is 4.64. The summed E-state index contributed by atoms with van der Waals surface area (Å²) < 4.78 is 4.73. The SMILES string of the molecule is C=CCCCCCCCC/C=C(/C=C/C)C(=O)OC. The molecule has 0 spiro atoms. The lowest BCUT2D eigenvalue weighted by Gasteiger charge is -2.01. The molecule has 0 saturated carbocycles. The van der Waals surface area contributed by atoms with E-state index in [-0.39, 0.29) is 5.97 Å². The van der Waals surface area contributed by atoms with Crippen LogP contribution in [0.3, 0.4) is 0 Å². The second-order valence-corrected chi connectivity index (χ2v) is 4.64. The fourth-order valence-electron chi connectivity index (χ4n) is 1.91. The van der Waals surface area contributed by atoms with E-state index in [9.17, 15) is 4.79 Å². The standard InChI is InChI=1S/C17H28O2/c1-4-6-7-8-9-10-11-12-13-15-16(14-5-2)17(18)19-3/h4-5,14-15H,1,6-13H2,2-3H3/b14-5+,16-15-. The highest BCUT2D eigenvalue weighted by molar-refractivity contribution is 5.91. The molecule has 0 aromatic carbocycles. The molecular formula is C17H28O2. The fourth-order valence-corrected chi connectivity index (χ4v) is 1.91. The fraction of sp³-hybridized carbons (Fsp3) is 0.588. The molecule has 0 heterocycles. The van der Waals surface area contributed by atoms with Crippen LogP contribution in [-0.2, 0) is 9.53 Å². The number of methoxy groups -OCH3 is 1. The lowest BCUT2D eigenvalue weighted by molar-refractivity contribution is -0.135. The van der Waals surface area contributed by atoms with Gasteiger partial charge in [0.1, 0.15) is 0 Å². The van der Waals surface area contributed by atoms with Crippen molar-refractivity contribution in [2.24, 2.45) is 0 Å². The van der Waals surface area contributed by atoms with Crippen molar-refractivity contribution in [3.63, 3.8) is 0 Å². The van der Waals surface area contributed by atoms with Crippen LogP contribution >= 0.6 is 0 Å². The Balaban J connectivity index is 3.69. The first kappa shape index (κ1) is 17.7. The summed E-state index contributed by atoms with van der Waals surface area (Å²) in [7, 11) is 1.42. The van der Waals surface area contributed by atoms with E-state index >= 15 is 0 Å². The summed E-state index contributed by atoms with van der Waals surface area (Å²) in [5, 5.41) is 0. The average molecular weight is 264 g/mol. The van der Waals surface area contributed by atoms with E-state index in [2.05, 4.69) is 6.58 Å². The van der Waals surface area contributed by atoms with Gasteiger partial charge in [0.2, 0.25) is 0 Å². The van der Waals surface area contributed by atoms with Crippen molar-refractivity contribution >= 4 is 5.97 Å². The van der Waals surface area contributed by atoms with Crippen LogP contribution in [-0.4, -0.2) is 13.1 Å². The van der Waals surface area contributed by atoms with Gasteiger partial charge in [-0.05, 0) is 32.6 Å². The molecule has 0 aliphatic rings. The number of hydrogen-bond donors (Lipinski definition) is 0. The van der Waals surface area contributed by atoms with Gasteiger partial charge >= 0.3 is 5.97 Å². The van der Waals surface area contributed by atoms with Gasteiger partial charge in [-0.2, -0.15) is 0 Å². The van der Waals surface area contributed by atoms with Crippen LogP contribution in [0.4, 0.5) is 0 Å². The Morgan fingerprint density at radius 1 is 1.05 bits per heavy atom. The van der Waals surface area contributed by atoms with E-state index in [1.54, 1.807) is 6.08 Å². The Kier molecular flexibility index (Phi) is 12.2. The molecule has 0 fully saturated rings. The van der Waals surface area contributed by atoms with Crippen LogP contribution in [0.2, 0.25) is 0 Å². The summed E-state index contributed by atoms with van der Waals surface area (Å²) in [6.45, 7) is 5.62. The Hall–Kier alpha value is -1.31. The van der Waals surface area contributed by atoms with Gasteiger partial charge in [-0.25, -0.2) is 4.79 Å². The van der Waals surface area contributed by atoms with Crippen LogP contribution < -0.4 is 0 Å². The molecule has 0 bridgehead atoms. The maximum Gasteiger partial charge on any atom is 0.337 e. The highest BCUT2D eigenvalue weighted by Gasteiger charge is 2.04. The molecule has 0 N–H and O–H groups in total. The van der Waals surface area contributed by atoms with E-state index in [4.69, 9.17) is 4.74 Å². The van der Waals surface area contributed by atoms with Gasteiger partial charge in [-0.1, -0.05) is 50.0 Å². The maximum absolute atomic E-state index is 11.4. The molecule has 2 nitrogen and oxygen atoms in total. The highest BCUT2D eigenvalue weighted by Crippen LogP contribution is 2.10. The van der Waals surface area contributed by atoms with E-state index in [0.29, 0.717) is 5.57 Å². The third kappa shape index (κ3) is 10.3. The predicted octanol–water partition coefficient (Wildman–Crippen LogP) is 4.97. The number of allylic oxidation sites excluding steroid dienone is 3. The highest BCUT2D eigenvalue weighted by atomic mass is 16.5. The number of rotatable bonds is 11. The molecule has 108 valence electrons. The number of unbranched alkanes of at least 4 members (excludes halogenated alkanes) is 7. The summed E-state index contributed by atoms with van der Waals surface area (Å²) in [4.78, 5) is 11.4. The smallest absolute Gasteiger partial charge is 0.337 e. The number of hydrogen-bond acceptors (Lipinski definition) is 2. The maximum atomic E-state index is 11.4. The molecule has 0 aromatic rings. The molecule has 0 atom stereocenters. The summed E-state index contributed by atoms with van der Waals surface area (Å²) >= 11 is 0. The Morgan fingerprint density at radius 2 is 1.63 bits per heavy atom. The van der Waals surface area contributed by atoms with Crippen LogP contribution in [0.5, 0.6) is 0 Å². The zero-order chi connectivity index (χ0) is 14.3. The molecule has 2 heteroatoms. The molecule has 0 aliphatic carbocycles. The molecule has 19 heavy (non-hydrogen) atoms. The Bertz CT molecular complexity index is 300. The van der Waals surface area contributed by atoms with Crippen molar-refractivity contribution < 1.29 is 9.53 Å². The van der Waals surface area contributed by atoms with Crippen LogP contribution in [0.25, 0.3) is 0 Å². The molecule has 0 amide bonds. The topological polar surface area (TPSA) is 26.3 Å².